The van der Waals surface area contributed by atoms with E-state index in [-0.39, 0.29) is 18.8 Å². The number of nitrogens with two attached hydrogens (primary N) is 1. The summed E-state index contributed by atoms with van der Waals surface area (Å²) >= 11 is 0. The summed E-state index contributed by atoms with van der Waals surface area (Å²) in [5.41, 5.74) is 7.87. The third kappa shape index (κ3) is 4.94. The number of nitrogen functional groups attached to an aromatic ring is 1. The molecule has 128 valence electrons. The molecule has 7 nitrogen and oxygen atoms in total. The van der Waals surface area contributed by atoms with Crippen molar-refractivity contribution >= 4 is 11.8 Å². The quantitative estimate of drug-likeness (QED) is 0.633. The molecule has 0 saturated heterocycles. The van der Waals surface area contributed by atoms with Crippen molar-refractivity contribution in [1.29, 1.82) is 0 Å². The second-order valence-electron chi connectivity index (χ2n) is 5.37. The van der Waals surface area contributed by atoms with E-state index in [0.29, 0.717) is 11.4 Å². The number of benzene rings is 1. The molecule has 0 spiro atoms. The lowest BCUT2D eigenvalue weighted by Crippen LogP contribution is -2.36. The van der Waals surface area contributed by atoms with Crippen LogP contribution in [0, 0.1) is 6.92 Å². The van der Waals surface area contributed by atoms with Gasteiger partial charge in [-0.25, -0.2) is 4.79 Å². The molecule has 1 heterocycles. The van der Waals surface area contributed by atoms with Crippen molar-refractivity contribution in [2.75, 3.05) is 12.3 Å². The van der Waals surface area contributed by atoms with E-state index in [9.17, 15) is 15.0 Å². The fourth-order valence-corrected chi connectivity index (χ4v) is 2.03. The molecule has 2 aromatic rings. The molecule has 2 unspecified atom stereocenters. The maximum Gasteiger partial charge on any atom is 0.407 e. The number of anilines is 1. The number of hydrogen-bond acceptors (Lipinski definition) is 6. The molecule has 0 aliphatic carbocycles. The molecule has 0 fully saturated rings. The highest BCUT2D eigenvalue weighted by Crippen LogP contribution is 2.17. The standard InChI is InChI=1S/C17H21N3O4/c1-11-13(18)7-8-14(20-11)16(22)15(21)9-19-17(23)24-10-12-5-3-2-4-6-12/h2-8,15-16,21-22H,9-10,18H2,1H3,(H,19,23). The number of aryl methyl sites for hydroxylation is 1. The summed E-state index contributed by atoms with van der Waals surface area (Å²) in [5, 5.41) is 22.5. The summed E-state index contributed by atoms with van der Waals surface area (Å²) in [7, 11) is 0. The van der Waals surface area contributed by atoms with Crippen LogP contribution in [0.2, 0.25) is 0 Å². The van der Waals surface area contributed by atoms with Gasteiger partial charge in [-0.1, -0.05) is 30.3 Å². The van der Waals surface area contributed by atoms with Gasteiger partial charge in [0.25, 0.3) is 0 Å². The highest BCUT2D eigenvalue weighted by molar-refractivity contribution is 5.67. The van der Waals surface area contributed by atoms with Crippen molar-refractivity contribution in [3.05, 3.63) is 59.4 Å². The van der Waals surface area contributed by atoms with E-state index in [1.807, 2.05) is 30.3 Å². The molecule has 0 radical (unpaired) electrons. The molecule has 5 N–H and O–H groups in total. The summed E-state index contributed by atoms with van der Waals surface area (Å²) in [6.45, 7) is 1.67. The second kappa shape index (κ2) is 8.28. The normalized spacial score (nSPS) is 13.1. The Morgan fingerprint density at radius 3 is 2.62 bits per heavy atom. The van der Waals surface area contributed by atoms with Crippen LogP contribution in [-0.4, -0.2) is 33.9 Å². The molecule has 1 amide bonds. The first kappa shape index (κ1) is 17.7. The van der Waals surface area contributed by atoms with Crippen LogP contribution in [0.1, 0.15) is 23.1 Å². The molecule has 1 aromatic carbocycles. The van der Waals surface area contributed by atoms with Gasteiger partial charge in [0.15, 0.2) is 0 Å². The van der Waals surface area contributed by atoms with Crippen molar-refractivity contribution in [2.45, 2.75) is 25.7 Å². The predicted molar refractivity (Wildman–Crippen MR) is 89.0 cm³/mol. The number of nitrogens with one attached hydrogen (secondary N) is 1. The van der Waals surface area contributed by atoms with E-state index in [1.54, 1.807) is 13.0 Å². The zero-order valence-corrected chi connectivity index (χ0v) is 13.3. The molecule has 7 heteroatoms. The lowest BCUT2D eigenvalue weighted by atomic mass is 10.1. The highest BCUT2D eigenvalue weighted by atomic mass is 16.5. The molecule has 2 rings (SSSR count). The smallest absolute Gasteiger partial charge is 0.407 e. The third-order valence-corrected chi connectivity index (χ3v) is 3.48. The zero-order valence-electron chi connectivity index (χ0n) is 13.3. The van der Waals surface area contributed by atoms with Crippen LogP contribution in [0.25, 0.3) is 0 Å². The van der Waals surface area contributed by atoms with Gasteiger partial charge in [0.05, 0.1) is 17.1 Å². The van der Waals surface area contributed by atoms with Crippen molar-refractivity contribution in [3.8, 4) is 0 Å². The molecule has 1 aromatic heterocycles. The van der Waals surface area contributed by atoms with E-state index >= 15 is 0 Å². The first-order valence-electron chi connectivity index (χ1n) is 7.51. The molecular weight excluding hydrogens is 310 g/mol. The van der Waals surface area contributed by atoms with Gasteiger partial charge in [0.1, 0.15) is 18.8 Å². The maximum absolute atomic E-state index is 11.6. The molecule has 0 aliphatic rings. The van der Waals surface area contributed by atoms with Crippen molar-refractivity contribution in [2.24, 2.45) is 0 Å². The lowest BCUT2D eigenvalue weighted by molar-refractivity contribution is 0.0159. The van der Waals surface area contributed by atoms with Gasteiger partial charge in [0.2, 0.25) is 0 Å². The Kier molecular flexibility index (Phi) is 6.11. The van der Waals surface area contributed by atoms with Crippen LogP contribution in [0.3, 0.4) is 0 Å². The number of carbonyl (C=O) groups is 1. The van der Waals surface area contributed by atoms with Gasteiger partial charge in [-0.3, -0.25) is 4.98 Å². The van der Waals surface area contributed by atoms with Crippen molar-refractivity contribution in [3.63, 3.8) is 0 Å². The van der Waals surface area contributed by atoms with Crippen LogP contribution in [-0.2, 0) is 11.3 Å². The SMILES string of the molecule is Cc1nc(C(O)C(O)CNC(=O)OCc2ccccc2)ccc1N. The Labute approximate surface area is 140 Å². The van der Waals surface area contributed by atoms with Gasteiger partial charge in [-0.05, 0) is 24.6 Å². The highest BCUT2D eigenvalue weighted by Gasteiger charge is 2.21. The first-order valence-corrected chi connectivity index (χ1v) is 7.51. The minimum absolute atomic E-state index is 0.129. The number of rotatable bonds is 6. The lowest BCUT2D eigenvalue weighted by Gasteiger charge is -2.18. The molecule has 24 heavy (non-hydrogen) atoms. The number of nitrogens with zero attached hydrogens (tertiary/aromatic N) is 1. The number of alkyl carbamates (subject to hydrolysis) is 1. The Bertz CT molecular complexity index is 679. The van der Waals surface area contributed by atoms with Gasteiger partial charge in [-0.2, -0.15) is 0 Å². The van der Waals surface area contributed by atoms with E-state index < -0.39 is 18.3 Å². The summed E-state index contributed by atoms with van der Waals surface area (Å²) in [6.07, 6.45) is -3.13. The van der Waals surface area contributed by atoms with Crippen LogP contribution >= 0.6 is 0 Å². The predicted octanol–water partition coefficient (Wildman–Crippen LogP) is 1.29. The maximum atomic E-state index is 11.6. The number of hydrogen-bond donors (Lipinski definition) is 4. The van der Waals surface area contributed by atoms with Gasteiger partial charge in [0, 0.05) is 6.54 Å². The molecular formula is C17H21N3O4. The summed E-state index contributed by atoms with van der Waals surface area (Å²) < 4.78 is 5.02. The Morgan fingerprint density at radius 1 is 1.25 bits per heavy atom. The van der Waals surface area contributed by atoms with E-state index in [0.717, 1.165) is 5.56 Å². The first-order chi connectivity index (χ1) is 11.5. The van der Waals surface area contributed by atoms with Gasteiger partial charge < -0.3 is 26.0 Å². The van der Waals surface area contributed by atoms with E-state index in [1.165, 1.54) is 6.07 Å². The minimum atomic E-state index is -1.24. The number of pyridine rings is 1. The van der Waals surface area contributed by atoms with Gasteiger partial charge in [-0.15, -0.1) is 0 Å². The number of carbonyl (C=O) groups excluding carboxylic acids is 1. The molecule has 0 aliphatic heterocycles. The Balaban J connectivity index is 1.80. The fourth-order valence-electron chi connectivity index (χ4n) is 2.03. The largest absolute Gasteiger partial charge is 0.445 e. The number of aliphatic hydroxyl groups excluding tert-OH is 2. The fraction of sp³-hybridized carbons (Fsp3) is 0.294. The summed E-state index contributed by atoms with van der Waals surface area (Å²) in [6, 6.07) is 12.4. The number of ether oxygens (including phenoxy) is 1. The van der Waals surface area contributed by atoms with E-state index in [2.05, 4.69) is 10.3 Å². The van der Waals surface area contributed by atoms with Crippen LogP contribution in [0.5, 0.6) is 0 Å². The van der Waals surface area contributed by atoms with Crippen molar-refractivity contribution < 1.29 is 19.7 Å². The number of amides is 1. The molecule has 0 saturated carbocycles. The molecule has 2 atom stereocenters. The molecule has 0 bridgehead atoms. The van der Waals surface area contributed by atoms with E-state index in [4.69, 9.17) is 10.5 Å². The van der Waals surface area contributed by atoms with Crippen LogP contribution in [0.4, 0.5) is 10.5 Å². The van der Waals surface area contributed by atoms with Crippen LogP contribution < -0.4 is 11.1 Å². The number of aliphatic hydroxyl groups is 2. The van der Waals surface area contributed by atoms with Gasteiger partial charge >= 0.3 is 6.09 Å². The topological polar surface area (TPSA) is 118 Å². The monoisotopic (exact) mass is 331 g/mol. The Hall–Kier alpha value is -2.64. The van der Waals surface area contributed by atoms with Crippen molar-refractivity contribution in [1.82, 2.24) is 10.3 Å². The average molecular weight is 331 g/mol. The second-order valence-corrected chi connectivity index (χ2v) is 5.37. The van der Waals surface area contributed by atoms with Crippen LogP contribution in [0.15, 0.2) is 42.5 Å². The number of aromatic nitrogens is 1. The third-order valence-electron chi connectivity index (χ3n) is 3.48. The average Bonchev–Trinajstić information content (AvgIpc) is 2.60. The Morgan fingerprint density at radius 2 is 1.96 bits per heavy atom. The summed E-state index contributed by atoms with van der Waals surface area (Å²) in [5.74, 6) is 0. The minimum Gasteiger partial charge on any atom is -0.445 e. The zero-order chi connectivity index (χ0) is 17.5. The summed E-state index contributed by atoms with van der Waals surface area (Å²) in [4.78, 5) is 15.7.